The van der Waals surface area contributed by atoms with E-state index in [1.54, 1.807) is 18.2 Å². The number of fused-ring (bicyclic) bond motifs is 1. The topological polar surface area (TPSA) is 79.3 Å². The van der Waals surface area contributed by atoms with Crippen molar-refractivity contribution in [2.24, 2.45) is 0 Å². The molecule has 1 aromatic heterocycles. The summed E-state index contributed by atoms with van der Waals surface area (Å²) in [5.41, 5.74) is 1.00. The highest BCUT2D eigenvalue weighted by Gasteiger charge is 2.26. The van der Waals surface area contributed by atoms with Gasteiger partial charge < -0.3 is 20.5 Å². The molecule has 6 nitrogen and oxygen atoms in total. The lowest BCUT2D eigenvalue weighted by molar-refractivity contribution is 0.0736. The number of aliphatic hydroxyl groups is 1. The van der Waals surface area contributed by atoms with Crippen LogP contribution < -0.4 is 15.4 Å². The second-order valence-electron chi connectivity index (χ2n) is 8.20. The lowest BCUT2D eigenvalue weighted by atomic mass is 9.94. The van der Waals surface area contributed by atoms with Crippen molar-refractivity contribution >= 4 is 22.4 Å². The first-order valence-corrected chi connectivity index (χ1v) is 11.1. The molecule has 4 aromatic rings. The summed E-state index contributed by atoms with van der Waals surface area (Å²) in [5.74, 6) is 7.16. The van der Waals surface area contributed by atoms with Crippen molar-refractivity contribution in [3.05, 3.63) is 84.4 Å². The zero-order valence-corrected chi connectivity index (χ0v) is 18.4. The predicted octanol–water partition coefficient (Wildman–Crippen LogP) is 4.77. The average molecular weight is 455 g/mol. The van der Waals surface area contributed by atoms with Crippen LogP contribution in [0.5, 0.6) is 11.5 Å². The van der Waals surface area contributed by atoms with Crippen LogP contribution in [0.4, 0.5) is 15.9 Å². The molecule has 1 atom stereocenters. The molecule has 1 fully saturated rings. The molecule has 1 aliphatic rings. The molecule has 0 bridgehead atoms. The van der Waals surface area contributed by atoms with Crippen molar-refractivity contribution < 1.29 is 14.2 Å². The Morgan fingerprint density at radius 2 is 1.94 bits per heavy atom. The van der Waals surface area contributed by atoms with Gasteiger partial charge >= 0.3 is 0 Å². The van der Waals surface area contributed by atoms with Crippen molar-refractivity contribution in [2.45, 2.75) is 18.4 Å². The van der Waals surface area contributed by atoms with E-state index >= 15 is 0 Å². The summed E-state index contributed by atoms with van der Waals surface area (Å²) < 4.78 is 19.9. The molecule has 3 N–H and O–H groups in total. The van der Waals surface area contributed by atoms with Gasteiger partial charge in [-0.25, -0.2) is 14.4 Å². The monoisotopic (exact) mass is 454 g/mol. The van der Waals surface area contributed by atoms with Crippen molar-refractivity contribution in [2.75, 3.05) is 18.4 Å². The number of β-amino-alcohol motifs (C(OH)–C–C–N with tert-alkyl or cyclic N) is 1. The summed E-state index contributed by atoms with van der Waals surface area (Å²) >= 11 is 0. The fraction of sp³-hybridized carbons (Fsp3) is 0.185. The molecular weight excluding hydrogens is 431 g/mol. The lowest BCUT2D eigenvalue weighted by Crippen LogP contribution is -2.44. The SMILES string of the molecule is OC1(C#Cc2ccc3ncnc(Nc4ccc(F)cc4Oc4ccccc4)c3c2)CCCNC1. The fourth-order valence-corrected chi connectivity index (χ4v) is 3.85. The van der Waals surface area contributed by atoms with Crippen molar-refractivity contribution in [1.29, 1.82) is 0 Å². The maximum absolute atomic E-state index is 14.0. The summed E-state index contributed by atoms with van der Waals surface area (Å²) in [5, 5.41) is 17.8. The highest BCUT2D eigenvalue weighted by atomic mass is 19.1. The lowest BCUT2D eigenvalue weighted by Gasteiger charge is -2.27. The van der Waals surface area contributed by atoms with E-state index in [1.807, 2.05) is 36.4 Å². The number of aromatic nitrogens is 2. The quantitative estimate of drug-likeness (QED) is 0.386. The number of nitrogens with one attached hydrogen (secondary N) is 2. The van der Waals surface area contributed by atoms with Crippen molar-refractivity contribution in [3.8, 4) is 23.3 Å². The number of piperidine rings is 1. The number of para-hydroxylation sites is 1. The standard InChI is InChI=1S/C27H23FN4O2/c28-20-8-10-24(25(16-20)34-21-5-2-1-3-6-21)32-26-22-15-19(7-9-23(22)30-18-31-26)11-13-27(33)12-4-14-29-17-27/h1-3,5-10,15-16,18,29,33H,4,12,14,17H2,(H,30,31,32). The number of benzene rings is 3. The molecule has 5 rings (SSSR count). The normalized spacial score (nSPS) is 17.6. The van der Waals surface area contributed by atoms with Gasteiger partial charge in [0.05, 0.1) is 11.2 Å². The van der Waals surface area contributed by atoms with E-state index in [0.29, 0.717) is 36.0 Å². The zero-order chi connectivity index (χ0) is 23.4. The Kier molecular flexibility index (Phi) is 6.09. The Morgan fingerprint density at radius 3 is 2.76 bits per heavy atom. The van der Waals surface area contributed by atoms with Crippen LogP contribution in [-0.4, -0.2) is 33.8 Å². The Balaban J connectivity index is 1.47. The zero-order valence-electron chi connectivity index (χ0n) is 18.4. The van der Waals surface area contributed by atoms with Gasteiger partial charge in [0.1, 0.15) is 29.3 Å². The first kappa shape index (κ1) is 21.8. The number of anilines is 2. The van der Waals surface area contributed by atoms with E-state index in [9.17, 15) is 9.50 Å². The van der Waals surface area contributed by atoms with Gasteiger partial charge in [-0.2, -0.15) is 0 Å². The van der Waals surface area contributed by atoms with Crippen LogP contribution >= 0.6 is 0 Å². The van der Waals surface area contributed by atoms with Gasteiger partial charge in [-0.3, -0.25) is 0 Å². The summed E-state index contributed by atoms with van der Waals surface area (Å²) in [7, 11) is 0. The minimum absolute atomic E-state index is 0.334. The van der Waals surface area contributed by atoms with Gasteiger partial charge in [0.2, 0.25) is 0 Å². The molecule has 1 unspecified atom stereocenters. The molecule has 1 saturated heterocycles. The number of rotatable bonds is 4. The molecule has 7 heteroatoms. The number of halogens is 1. The van der Waals surface area contributed by atoms with Crippen molar-refractivity contribution in [3.63, 3.8) is 0 Å². The molecule has 0 amide bonds. The molecule has 170 valence electrons. The van der Waals surface area contributed by atoms with E-state index in [2.05, 4.69) is 32.4 Å². The smallest absolute Gasteiger partial charge is 0.153 e. The van der Waals surface area contributed by atoms with E-state index in [0.717, 1.165) is 29.4 Å². The van der Waals surface area contributed by atoms with Crippen molar-refractivity contribution in [1.82, 2.24) is 15.3 Å². The predicted molar refractivity (Wildman–Crippen MR) is 130 cm³/mol. The van der Waals surface area contributed by atoms with Crippen LogP contribution in [0.1, 0.15) is 18.4 Å². The van der Waals surface area contributed by atoms with E-state index in [1.165, 1.54) is 18.5 Å². The highest BCUT2D eigenvalue weighted by Crippen LogP contribution is 2.33. The van der Waals surface area contributed by atoms with E-state index in [-0.39, 0.29) is 0 Å². The van der Waals surface area contributed by atoms with Crippen LogP contribution in [-0.2, 0) is 0 Å². The van der Waals surface area contributed by atoms with Gasteiger partial charge in [-0.1, -0.05) is 30.0 Å². The fourth-order valence-electron chi connectivity index (χ4n) is 3.85. The first-order valence-electron chi connectivity index (χ1n) is 11.1. The second-order valence-corrected chi connectivity index (χ2v) is 8.20. The van der Waals surface area contributed by atoms with E-state index < -0.39 is 11.4 Å². The molecule has 3 aromatic carbocycles. The summed E-state index contributed by atoms with van der Waals surface area (Å²) in [6.07, 6.45) is 2.99. The molecule has 2 heterocycles. The summed E-state index contributed by atoms with van der Waals surface area (Å²) in [6, 6.07) is 19.1. The number of nitrogens with zero attached hydrogens (tertiary/aromatic N) is 2. The Hall–Kier alpha value is -3.99. The van der Waals surface area contributed by atoms with Gasteiger partial charge in [0.25, 0.3) is 0 Å². The van der Waals surface area contributed by atoms with Crippen LogP contribution in [0, 0.1) is 17.7 Å². The molecule has 0 saturated carbocycles. The van der Waals surface area contributed by atoms with Gasteiger partial charge in [-0.15, -0.1) is 0 Å². The maximum Gasteiger partial charge on any atom is 0.153 e. The van der Waals surface area contributed by atoms with Crippen LogP contribution in [0.2, 0.25) is 0 Å². The Bertz CT molecular complexity index is 1380. The third-order valence-electron chi connectivity index (χ3n) is 5.60. The minimum Gasteiger partial charge on any atom is -0.455 e. The minimum atomic E-state index is -1.03. The molecular formula is C27H23FN4O2. The molecule has 0 radical (unpaired) electrons. The third-order valence-corrected chi connectivity index (χ3v) is 5.60. The average Bonchev–Trinajstić information content (AvgIpc) is 2.86. The van der Waals surface area contributed by atoms with Gasteiger partial charge in [0, 0.05) is 23.6 Å². The van der Waals surface area contributed by atoms with Crippen LogP contribution in [0.15, 0.2) is 73.1 Å². The third kappa shape index (κ3) is 4.99. The largest absolute Gasteiger partial charge is 0.455 e. The number of ether oxygens (including phenoxy) is 1. The summed E-state index contributed by atoms with van der Waals surface area (Å²) in [4.78, 5) is 8.74. The molecule has 34 heavy (non-hydrogen) atoms. The first-order chi connectivity index (χ1) is 16.6. The molecule has 1 aliphatic heterocycles. The summed E-state index contributed by atoms with van der Waals surface area (Å²) in [6.45, 7) is 1.35. The Labute approximate surface area is 196 Å². The highest BCUT2D eigenvalue weighted by molar-refractivity contribution is 5.92. The number of hydrogen-bond acceptors (Lipinski definition) is 6. The van der Waals surface area contributed by atoms with Crippen LogP contribution in [0.25, 0.3) is 10.9 Å². The molecule has 0 aliphatic carbocycles. The van der Waals surface area contributed by atoms with Crippen LogP contribution in [0.3, 0.4) is 0 Å². The van der Waals surface area contributed by atoms with Gasteiger partial charge in [-0.05, 0) is 61.9 Å². The second kappa shape index (κ2) is 9.48. The molecule has 0 spiro atoms. The Morgan fingerprint density at radius 1 is 1.06 bits per heavy atom. The maximum atomic E-state index is 14.0. The van der Waals surface area contributed by atoms with Gasteiger partial charge in [0.15, 0.2) is 5.75 Å². The van der Waals surface area contributed by atoms with E-state index in [4.69, 9.17) is 4.74 Å². The number of hydrogen-bond donors (Lipinski definition) is 3.